The maximum atomic E-state index is 14.2. The Kier molecular flexibility index (Phi) is 4.86. The molecule has 0 bridgehead atoms. The van der Waals surface area contributed by atoms with Gasteiger partial charge in [0.25, 0.3) is 0 Å². The van der Waals surface area contributed by atoms with Gasteiger partial charge in [-0.25, -0.2) is 4.39 Å². The number of nitrogens with one attached hydrogen (secondary N) is 1. The number of halogens is 3. The van der Waals surface area contributed by atoms with Crippen LogP contribution in [0.25, 0.3) is 0 Å². The summed E-state index contributed by atoms with van der Waals surface area (Å²) >= 11 is 12.1. The second-order valence-corrected chi connectivity index (χ2v) is 5.09. The van der Waals surface area contributed by atoms with Crippen molar-refractivity contribution in [2.24, 2.45) is 0 Å². The molecular weight excluding hydrogens is 300 g/mol. The van der Waals surface area contributed by atoms with Gasteiger partial charge >= 0.3 is 0 Å². The van der Waals surface area contributed by atoms with Crippen LogP contribution in [-0.4, -0.2) is 14.2 Å². The predicted molar refractivity (Wildman–Crippen MR) is 80.3 cm³/mol. The number of hydrogen-bond acceptors (Lipinski definition) is 2. The molecule has 0 saturated carbocycles. The Morgan fingerprint density at radius 3 is 2.55 bits per heavy atom. The van der Waals surface area contributed by atoms with Crippen molar-refractivity contribution in [1.82, 2.24) is 5.32 Å². The van der Waals surface area contributed by atoms with Crippen LogP contribution in [0.4, 0.5) is 4.39 Å². The molecule has 5 heteroatoms. The average molecular weight is 314 g/mol. The van der Waals surface area contributed by atoms with E-state index in [1.54, 1.807) is 37.4 Å². The van der Waals surface area contributed by atoms with Gasteiger partial charge in [-0.1, -0.05) is 35.3 Å². The highest BCUT2D eigenvalue weighted by molar-refractivity contribution is 6.35. The molecule has 2 rings (SSSR count). The van der Waals surface area contributed by atoms with Crippen LogP contribution in [0.5, 0.6) is 5.75 Å². The summed E-state index contributed by atoms with van der Waals surface area (Å²) in [6.07, 6.45) is 0. The number of methoxy groups -OCH3 is 1. The van der Waals surface area contributed by atoms with Crippen LogP contribution in [0.1, 0.15) is 17.2 Å². The van der Waals surface area contributed by atoms with E-state index in [2.05, 4.69) is 5.32 Å². The second-order valence-electron chi connectivity index (χ2n) is 4.24. The molecule has 0 amide bonds. The summed E-state index contributed by atoms with van der Waals surface area (Å²) in [6.45, 7) is 0. The van der Waals surface area contributed by atoms with E-state index >= 15 is 0 Å². The molecule has 1 unspecified atom stereocenters. The SMILES string of the molecule is CNC(c1ccc(Cl)cc1Cl)c1c(F)cccc1OC. The van der Waals surface area contributed by atoms with Gasteiger partial charge in [-0.3, -0.25) is 0 Å². The largest absolute Gasteiger partial charge is 0.496 e. The Bertz CT molecular complexity index is 619. The molecular formula is C15H14Cl2FNO. The highest BCUT2D eigenvalue weighted by Gasteiger charge is 2.22. The maximum Gasteiger partial charge on any atom is 0.132 e. The van der Waals surface area contributed by atoms with E-state index in [-0.39, 0.29) is 5.82 Å². The van der Waals surface area contributed by atoms with Gasteiger partial charge in [0.15, 0.2) is 0 Å². The lowest BCUT2D eigenvalue weighted by Gasteiger charge is -2.21. The van der Waals surface area contributed by atoms with Crippen LogP contribution in [0.15, 0.2) is 36.4 Å². The van der Waals surface area contributed by atoms with Gasteiger partial charge in [0, 0.05) is 10.0 Å². The Morgan fingerprint density at radius 2 is 1.95 bits per heavy atom. The third-order valence-electron chi connectivity index (χ3n) is 3.08. The smallest absolute Gasteiger partial charge is 0.132 e. The van der Waals surface area contributed by atoms with Crippen LogP contribution in [-0.2, 0) is 0 Å². The standard InChI is InChI=1S/C15H14Cl2FNO/c1-19-15(10-7-6-9(16)8-11(10)17)14-12(18)4-3-5-13(14)20-2/h3-8,15,19H,1-2H3. The van der Waals surface area contributed by atoms with E-state index in [0.29, 0.717) is 21.4 Å². The molecule has 2 nitrogen and oxygen atoms in total. The lowest BCUT2D eigenvalue weighted by Crippen LogP contribution is -2.20. The fourth-order valence-corrected chi connectivity index (χ4v) is 2.68. The number of benzene rings is 2. The van der Waals surface area contributed by atoms with Crippen LogP contribution in [0, 0.1) is 5.82 Å². The Labute approximate surface area is 127 Å². The van der Waals surface area contributed by atoms with Gasteiger partial charge in [-0.15, -0.1) is 0 Å². The molecule has 0 aliphatic rings. The minimum atomic E-state index is -0.420. The summed E-state index contributed by atoms with van der Waals surface area (Å²) in [7, 11) is 3.25. The van der Waals surface area contributed by atoms with E-state index in [1.807, 2.05) is 0 Å². The molecule has 0 spiro atoms. The summed E-state index contributed by atoms with van der Waals surface area (Å²) in [5.41, 5.74) is 1.16. The molecule has 1 N–H and O–H groups in total. The molecule has 0 aliphatic heterocycles. The molecule has 0 fully saturated rings. The fourth-order valence-electron chi connectivity index (χ4n) is 2.17. The van der Waals surface area contributed by atoms with E-state index < -0.39 is 6.04 Å². The van der Waals surface area contributed by atoms with Crippen molar-refractivity contribution >= 4 is 23.2 Å². The molecule has 1 atom stereocenters. The number of ether oxygens (including phenoxy) is 1. The second kappa shape index (κ2) is 6.44. The molecule has 0 aromatic heterocycles. The lowest BCUT2D eigenvalue weighted by molar-refractivity contribution is 0.398. The van der Waals surface area contributed by atoms with E-state index in [1.165, 1.54) is 13.2 Å². The van der Waals surface area contributed by atoms with Crippen LogP contribution in [0.2, 0.25) is 10.0 Å². The molecule has 2 aromatic rings. The number of rotatable bonds is 4. The first-order valence-electron chi connectivity index (χ1n) is 6.03. The zero-order valence-electron chi connectivity index (χ0n) is 11.1. The van der Waals surface area contributed by atoms with E-state index in [9.17, 15) is 4.39 Å². The molecule has 0 saturated heterocycles. The summed E-state index contributed by atoms with van der Waals surface area (Å²) in [4.78, 5) is 0. The van der Waals surface area contributed by atoms with Gasteiger partial charge in [0.05, 0.1) is 18.7 Å². The fraction of sp³-hybridized carbons (Fsp3) is 0.200. The summed E-state index contributed by atoms with van der Waals surface area (Å²) < 4.78 is 19.4. The van der Waals surface area contributed by atoms with Crippen LogP contribution >= 0.6 is 23.2 Å². The summed E-state index contributed by atoms with van der Waals surface area (Å²) in [6, 6.07) is 9.43. The highest BCUT2D eigenvalue weighted by Crippen LogP contribution is 2.35. The van der Waals surface area contributed by atoms with Gasteiger partial charge in [0.2, 0.25) is 0 Å². The minimum Gasteiger partial charge on any atom is -0.496 e. The lowest BCUT2D eigenvalue weighted by atomic mass is 9.97. The quantitative estimate of drug-likeness (QED) is 0.900. The molecule has 106 valence electrons. The zero-order valence-corrected chi connectivity index (χ0v) is 12.6. The third kappa shape index (κ3) is 2.90. The number of hydrogen-bond donors (Lipinski definition) is 1. The predicted octanol–water partition coefficient (Wildman–Crippen LogP) is 4.45. The van der Waals surface area contributed by atoms with Crippen molar-refractivity contribution in [3.05, 3.63) is 63.4 Å². The molecule has 20 heavy (non-hydrogen) atoms. The van der Waals surface area contributed by atoms with Crippen molar-refractivity contribution in [3.63, 3.8) is 0 Å². The van der Waals surface area contributed by atoms with Gasteiger partial charge in [-0.2, -0.15) is 0 Å². The first-order valence-corrected chi connectivity index (χ1v) is 6.78. The van der Waals surface area contributed by atoms with E-state index in [0.717, 1.165) is 5.56 Å². The Balaban J connectivity index is 2.58. The van der Waals surface area contributed by atoms with Crippen molar-refractivity contribution in [2.75, 3.05) is 14.2 Å². The van der Waals surface area contributed by atoms with E-state index in [4.69, 9.17) is 27.9 Å². The minimum absolute atomic E-state index is 0.352. The first kappa shape index (κ1) is 15.1. The monoisotopic (exact) mass is 313 g/mol. The zero-order chi connectivity index (χ0) is 14.7. The Hall–Kier alpha value is -1.29. The van der Waals surface area contributed by atoms with Gasteiger partial charge in [-0.05, 0) is 36.9 Å². The normalized spacial score (nSPS) is 12.2. The van der Waals surface area contributed by atoms with Crippen molar-refractivity contribution < 1.29 is 9.13 Å². The van der Waals surface area contributed by atoms with Crippen LogP contribution < -0.4 is 10.1 Å². The summed E-state index contributed by atoms with van der Waals surface area (Å²) in [5, 5.41) is 4.07. The molecule has 0 heterocycles. The van der Waals surface area contributed by atoms with Crippen LogP contribution in [0.3, 0.4) is 0 Å². The molecule has 0 radical (unpaired) electrons. The average Bonchev–Trinajstić information content (AvgIpc) is 2.43. The Morgan fingerprint density at radius 1 is 1.20 bits per heavy atom. The first-order chi connectivity index (χ1) is 9.58. The van der Waals surface area contributed by atoms with Crippen molar-refractivity contribution in [1.29, 1.82) is 0 Å². The topological polar surface area (TPSA) is 21.3 Å². The third-order valence-corrected chi connectivity index (χ3v) is 3.65. The maximum absolute atomic E-state index is 14.2. The van der Waals surface area contributed by atoms with Crippen molar-refractivity contribution in [3.8, 4) is 5.75 Å². The molecule has 2 aromatic carbocycles. The van der Waals surface area contributed by atoms with Gasteiger partial charge < -0.3 is 10.1 Å². The highest BCUT2D eigenvalue weighted by atomic mass is 35.5. The summed E-state index contributed by atoms with van der Waals surface area (Å²) in [5.74, 6) is 0.116. The molecule has 0 aliphatic carbocycles. The van der Waals surface area contributed by atoms with Gasteiger partial charge in [0.1, 0.15) is 11.6 Å². The van der Waals surface area contributed by atoms with Crippen molar-refractivity contribution in [2.45, 2.75) is 6.04 Å².